The maximum Gasteiger partial charge on any atom is 0.0757 e. The number of nitrogens with zero attached hydrogens (tertiary/aromatic N) is 1. The monoisotopic (exact) mass is 248 g/mol. The summed E-state index contributed by atoms with van der Waals surface area (Å²) in [6.45, 7) is 10.6. The van der Waals surface area contributed by atoms with E-state index in [1.54, 1.807) is 0 Å². The summed E-state index contributed by atoms with van der Waals surface area (Å²) in [6.07, 6.45) is 0.325. The van der Waals surface area contributed by atoms with E-state index in [9.17, 15) is 0 Å². The first-order valence-corrected chi connectivity index (χ1v) is 6.74. The summed E-state index contributed by atoms with van der Waals surface area (Å²) in [6, 6.07) is 10.4. The molecular formula is C15H24N2O. The third-order valence-electron chi connectivity index (χ3n) is 3.17. The second-order valence-electron chi connectivity index (χ2n) is 5.72. The Morgan fingerprint density at radius 1 is 1.33 bits per heavy atom. The normalized spacial score (nSPS) is 23.8. The van der Waals surface area contributed by atoms with E-state index in [0.717, 1.165) is 26.2 Å². The third-order valence-corrected chi connectivity index (χ3v) is 3.17. The molecule has 3 heteroatoms. The fourth-order valence-electron chi connectivity index (χ4n) is 2.67. The fraction of sp³-hybridized carbons (Fsp3) is 0.600. The van der Waals surface area contributed by atoms with Crippen LogP contribution in [0.1, 0.15) is 20.8 Å². The first-order chi connectivity index (χ1) is 8.55. The van der Waals surface area contributed by atoms with E-state index in [4.69, 9.17) is 4.74 Å². The van der Waals surface area contributed by atoms with Gasteiger partial charge in [-0.1, -0.05) is 18.2 Å². The molecule has 1 saturated heterocycles. The third kappa shape index (κ3) is 4.00. The van der Waals surface area contributed by atoms with E-state index in [2.05, 4.69) is 55.3 Å². The van der Waals surface area contributed by atoms with Crippen molar-refractivity contribution in [3.05, 3.63) is 30.3 Å². The van der Waals surface area contributed by atoms with Crippen molar-refractivity contribution in [1.82, 2.24) is 4.90 Å². The molecule has 1 fully saturated rings. The second kappa shape index (κ2) is 5.72. The molecule has 1 N–H and O–H groups in total. The summed E-state index contributed by atoms with van der Waals surface area (Å²) < 4.78 is 5.91. The van der Waals surface area contributed by atoms with Gasteiger partial charge in [0.25, 0.3) is 0 Å². The van der Waals surface area contributed by atoms with Crippen LogP contribution in [0.4, 0.5) is 5.69 Å². The van der Waals surface area contributed by atoms with Gasteiger partial charge in [-0.2, -0.15) is 0 Å². The van der Waals surface area contributed by atoms with Crippen LogP contribution >= 0.6 is 0 Å². The minimum atomic E-state index is -0.0234. The van der Waals surface area contributed by atoms with Crippen LogP contribution in [0.3, 0.4) is 0 Å². The molecule has 1 unspecified atom stereocenters. The van der Waals surface area contributed by atoms with Crippen LogP contribution in [0.5, 0.6) is 0 Å². The minimum Gasteiger partial charge on any atom is -0.384 e. The Kier molecular flexibility index (Phi) is 4.25. The van der Waals surface area contributed by atoms with E-state index in [-0.39, 0.29) is 5.60 Å². The highest BCUT2D eigenvalue weighted by molar-refractivity contribution is 5.42. The molecule has 0 aliphatic carbocycles. The molecule has 1 aliphatic heterocycles. The van der Waals surface area contributed by atoms with Crippen molar-refractivity contribution in [2.45, 2.75) is 32.5 Å². The van der Waals surface area contributed by atoms with Crippen molar-refractivity contribution in [1.29, 1.82) is 0 Å². The Hall–Kier alpha value is -1.06. The number of nitrogens with one attached hydrogen (secondary N) is 1. The Morgan fingerprint density at radius 3 is 2.72 bits per heavy atom. The summed E-state index contributed by atoms with van der Waals surface area (Å²) in [5, 5.41) is 3.45. The number of para-hydroxylation sites is 1. The molecule has 0 spiro atoms. The number of anilines is 1. The molecule has 0 radical (unpaired) electrons. The highest BCUT2D eigenvalue weighted by Gasteiger charge is 2.30. The van der Waals surface area contributed by atoms with Crippen molar-refractivity contribution in [2.24, 2.45) is 0 Å². The molecule has 0 aromatic heterocycles. The predicted molar refractivity (Wildman–Crippen MR) is 76.0 cm³/mol. The zero-order chi connectivity index (χ0) is 13.0. The van der Waals surface area contributed by atoms with Crippen molar-refractivity contribution in [2.75, 3.05) is 31.5 Å². The van der Waals surface area contributed by atoms with E-state index in [1.807, 2.05) is 6.07 Å². The van der Waals surface area contributed by atoms with Gasteiger partial charge >= 0.3 is 0 Å². The lowest BCUT2D eigenvalue weighted by molar-refractivity contribution is -0.127. The van der Waals surface area contributed by atoms with Crippen LogP contribution in [0.2, 0.25) is 0 Å². The molecule has 2 rings (SSSR count). The van der Waals surface area contributed by atoms with Gasteiger partial charge in [-0.3, -0.25) is 4.90 Å². The fourth-order valence-corrected chi connectivity index (χ4v) is 2.67. The Bertz CT molecular complexity index is 364. The van der Waals surface area contributed by atoms with Crippen molar-refractivity contribution < 1.29 is 4.74 Å². The molecular weight excluding hydrogens is 224 g/mol. The topological polar surface area (TPSA) is 24.5 Å². The van der Waals surface area contributed by atoms with Gasteiger partial charge in [-0.05, 0) is 32.9 Å². The zero-order valence-electron chi connectivity index (χ0n) is 11.6. The van der Waals surface area contributed by atoms with Gasteiger partial charge in [0.15, 0.2) is 0 Å². The van der Waals surface area contributed by atoms with Crippen molar-refractivity contribution in [3.63, 3.8) is 0 Å². The van der Waals surface area contributed by atoms with Gasteiger partial charge in [0.1, 0.15) is 0 Å². The van der Waals surface area contributed by atoms with Gasteiger partial charge in [-0.25, -0.2) is 0 Å². The van der Waals surface area contributed by atoms with Crippen LogP contribution in [-0.4, -0.2) is 42.8 Å². The Morgan fingerprint density at radius 2 is 2.06 bits per heavy atom. The average molecular weight is 248 g/mol. The van der Waals surface area contributed by atoms with E-state index >= 15 is 0 Å². The smallest absolute Gasteiger partial charge is 0.0757 e. The lowest BCUT2D eigenvalue weighted by Crippen LogP contribution is -2.52. The lowest BCUT2D eigenvalue weighted by Gasteiger charge is -2.41. The van der Waals surface area contributed by atoms with Gasteiger partial charge in [0, 0.05) is 31.9 Å². The molecule has 0 amide bonds. The van der Waals surface area contributed by atoms with E-state index in [0.29, 0.717) is 6.10 Å². The zero-order valence-corrected chi connectivity index (χ0v) is 11.6. The summed E-state index contributed by atoms with van der Waals surface area (Å²) >= 11 is 0. The molecule has 3 nitrogen and oxygen atoms in total. The van der Waals surface area contributed by atoms with Gasteiger partial charge in [0.05, 0.1) is 11.7 Å². The molecule has 1 atom stereocenters. The minimum absolute atomic E-state index is 0.0234. The van der Waals surface area contributed by atoms with E-state index < -0.39 is 0 Å². The van der Waals surface area contributed by atoms with Crippen LogP contribution < -0.4 is 5.32 Å². The molecule has 1 aromatic rings. The first-order valence-electron chi connectivity index (χ1n) is 6.74. The summed E-state index contributed by atoms with van der Waals surface area (Å²) in [4.78, 5) is 2.48. The Balaban J connectivity index is 1.76. The number of ether oxygens (including phenoxy) is 1. The number of hydrogen-bond donors (Lipinski definition) is 1. The number of hydrogen-bond acceptors (Lipinski definition) is 3. The van der Waals surface area contributed by atoms with Crippen LogP contribution in [-0.2, 0) is 4.74 Å². The van der Waals surface area contributed by atoms with Crippen LogP contribution in [0.15, 0.2) is 30.3 Å². The predicted octanol–water partition coefficient (Wildman–Crippen LogP) is 2.60. The largest absolute Gasteiger partial charge is 0.384 e. The summed E-state index contributed by atoms with van der Waals surface area (Å²) in [5.41, 5.74) is 1.17. The summed E-state index contributed by atoms with van der Waals surface area (Å²) in [5.74, 6) is 0. The molecule has 1 heterocycles. The second-order valence-corrected chi connectivity index (χ2v) is 5.72. The highest BCUT2D eigenvalue weighted by Crippen LogP contribution is 2.20. The lowest BCUT2D eigenvalue weighted by atomic mass is 10.1. The molecule has 1 aromatic carbocycles. The quantitative estimate of drug-likeness (QED) is 0.886. The average Bonchev–Trinajstić information content (AvgIpc) is 2.27. The Labute approximate surface area is 110 Å². The SMILES string of the molecule is CC1CN(CCNc2ccccc2)CC(C)(C)O1. The summed E-state index contributed by atoms with van der Waals surface area (Å²) in [7, 11) is 0. The van der Waals surface area contributed by atoms with E-state index in [1.165, 1.54) is 5.69 Å². The number of morpholine rings is 1. The molecule has 0 bridgehead atoms. The molecule has 100 valence electrons. The van der Waals surface area contributed by atoms with Crippen LogP contribution in [0.25, 0.3) is 0 Å². The first kappa shape index (κ1) is 13.4. The molecule has 1 aliphatic rings. The van der Waals surface area contributed by atoms with Gasteiger partial charge in [-0.15, -0.1) is 0 Å². The highest BCUT2D eigenvalue weighted by atomic mass is 16.5. The van der Waals surface area contributed by atoms with Crippen molar-refractivity contribution in [3.8, 4) is 0 Å². The van der Waals surface area contributed by atoms with Gasteiger partial charge < -0.3 is 10.1 Å². The molecule has 0 saturated carbocycles. The standard InChI is InChI=1S/C15H24N2O/c1-13-11-17(12-15(2,3)18-13)10-9-16-14-7-5-4-6-8-14/h4-8,13,16H,9-12H2,1-3H3. The van der Waals surface area contributed by atoms with Crippen LogP contribution in [0, 0.1) is 0 Å². The molecule has 18 heavy (non-hydrogen) atoms. The van der Waals surface area contributed by atoms with Gasteiger partial charge in [0.2, 0.25) is 0 Å². The van der Waals surface area contributed by atoms with Crippen molar-refractivity contribution >= 4 is 5.69 Å². The number of benzene rings is 1. The number of rotatable bonds is 4. The maximum atomic E-state index is 5.91. The maximum absolute atomic E-state index is 5.91.